The van der Waals surface area contributed by atoms with Gasteiger partial charge >= 0.3 is 0 Å². The molecule has 4 nitrogen and oxygen atoms in total. The summed E-state index contributed by atoms with van der Waals surface area (Å²) < 4.78 is 11.5. The van der Waals surface area contributed by atoms with Gasteiger partial charge in [0.05, 0.1) is 6.61 Å². The second kappa shape index (κ2) is 7.64. The van der Waals surface area contributed by atoms with Crippen molar-refractivity contribution in [2.24, 2.45) is 0 Å². The highest BCUT2D eigenvalue weighted by Gasteiger charge is 2.06. The van der Waals surface area contributed by atoms with Gasteiger partial charge < -0.3 is 14.8 Å². The Hall–Kier alpha value is -2.07. The summed E-state index contributed by atoms with van der Waals surface area (Å²) >= 11 is 0. The molecule has 0 fully saturated rings. The standard InChI is InChI=1S/C17H22N2O2/c1-4-9-20-15-5-7-16(8-6-15)21-17-10-13(2)19-12-14(17)11-18-3/h5-8,10,12,18H,4,9,11H2,1-3H3. The molecule has 0 unspecified atom stereocenters. The summed E-state index contributed by atoms with van der Waals surface area (Å²) in [4.78, 5) is 4.31. The maximum atomic E-state index is 5.97. The van der Waals surface area contributed by atoms with E-state index in [1.165, 1.54) is 0 Å². The van der Waals surface area contributed by atoms with Crippen molar-refractivity contribution in [3.8, 4) is 17.2 Å². The molecule has 2 aromatic rings. The zero-order chi connectivity index (χ0) is 15.1. The molecule has 0 radical (unpaired) electrons. The average Bonchev–Trinajstić information content (AvgIpc) is 2.49. The van der Waals surface area contributed by atoms with Gasteiger partial charge in [-0.25, -0.2) is 0 Å². The number of rotatable bonds is 7. The van der Waals surface area contributed by atoms with E-state index in [2.05, 4.69) is 17.2 Å². The zero-order valence-corrected chi connectivity index (χ0v) is 12.8. The Balaban J connectivity index is 2.12. The Morgan fingerprint density at radius 3 is 2.52 bits per heavy atom. The van der Waals surface area contributed by atoms with Crippen molar-refractivity contribution in [1.82, 2.24) is 10.3 Å². The van der Waals surface area contributed by atoms with E-state index in [9.17, 15) is 0 Å². The van der Waals surface area contributed by atoms with Gasteiger partial charge in [0.2, 0.25) is 0 Å². The van der Waals surface area contributed by atoms with Gasteiger partial charge in [0.1, 0.15) is 17.2 Å². The van der Waals surface area contributed by atoms with Crippen molar-refractivity contribution >= 4 is 0 Å². The molecule has 21 heavy (non-hydrogen) atoms. The Morgan fingerprint density at radius 2 is 1.86 bits per heavy atom. The first-order chi connectivity index (χ1) is 10.2. The molecule has 2 rings (SSSR count). The molecule has 1 aromatic carbocycles. The van der Waals surface area contributed by atoms with Gasteiger partial charge in [-0.05, 0) is 44.7 Å². The van der Waals surface area contributed by atoms with Crippen LogP contribution in [-0.4, -0.2) is 18.6 Å². The Kier molecular flexibility index (Phi) is 5.58. The van der Waals surface area contributed by atoms with E-state index >= 15 is 0 Å². The minimum atomic E-state index is 0.723. The first kappa shape index (κ1) is 15.3. The number of nitrogens with one attached hydrogen (secondary N) is 1. The maximum Gasteiger partial charge on any atom is 0.135 e. The molecule has 1 N–H and O–H groups in total. The molecule has 0 spiro atoms. The number of nitrogens with zero attached hydrogens (tertiary/aromatic N) is 1. The van der Waals surface area contributed by atoms with Crippen molar-refractivity contribution in [3.63, 3.8) is 0 Å². The molecule has 0 aliphatic heterocycles. The van der Waals surface area contributed by atoms with Crippen molar-refractivity contribution in [2.45, 2.75) is 26.8 Å². The Labute approximate surface area is 126 Å². The van der Waals surface area contributed by atoms with Gasteiger partial charge in [-0.3, -0.25) is 4.98 Å². The van der Waals surface area contributed by atoms with Crippen molar-refractivity contribution in [3.05, 3.63) is 47.8 Å². The average molecular weight is 286 g/mol. The highest BCUT2D eigenvalue weighted by atomic mass is 16.5. The summed E-state index contributed by atoms with van der Waals surface area (Å²) in [7, 11) is 1.91. The summed E-state index contributed by atoms with van der Waals surface area (Å²) in [6.07, 6.45) is 2.85. The molecule has 0 aliphatic rings. The van der Waals surface area contributed by atoms with Crippen LogP contribution in [0.2, 0.25) is 0 Å². The fraction of sp³-hybridized carbons (Fsp3) is 0.353. The second-order valence-corrected chi connectivity index (χ2v) is 4.89. The molecular formula is C17H22N2O2. The van der Waals surface area contributed by atoms with Crippen LogP contribution in [0, 0.1) is 6.92 Å². The summed E-state index contributed by atoms with van der Waals surface area (Å²) in [6.45, 7) is 5.50. The lowest BCUT2D eigenvalue weighted by Gasteiger charge is -2.12. The summed E-state index contributed by atoms with van der Waals surface area (Å²) in [5.74, 6) is 2.49. The van der Waals surface area contributed by atoms with Gasteiger partial charge in [0.25, 0.3) is 0 Å². The second-order valence-electron chi connectivity index (χ2n) is 4.89. The molecular weight excluding hydrogens is 264 g/mol. The van der Waals surface area contributed by atoms with Crippen LogP contribution in [0.5, 0.6) is 17.2 Å². The number of hydrogen-bond acceptors (Lipinski definition) is 4. The monoisotopic (exact) mass is 286 g/mol. The highest BCUT2D eigenvalue weighted by Crippen LogP contribution is 2.27. The summed E-state index contributed by atoms with van der Waals surface area (Å²) in [6, 6.07) is 9.65. The predicted molar refractivity (Wildman–Crippen MR) is 84.0 cm³/mol. The fourth-order valence-electron chi connectivity index (χ4n) is 1.93. The van der Waals surface area contributed by atoms with E-state index in [0.29, 0.717) is 0 Å². The smallest absolute Gasteiger partial charge is 0.135 e. The van der Waals surface area contributed by atoms with Gasteiger partial charge in [-0.15, -0.1) is 0 Å². The Bertz CT molecular complexity index is 568. The lowest BCUT2D eigenvalue weighted by molar-refractivity contribution is 0.317. The van der Waals surface area contributed by atoms with E-state index in [-0.39, 0.29) is 0 Å². The van der Waals surface area contributed by atoms with E-state index in [0.717, 1.165) is 48.1 Å². The summed E-state index contributed by atoms with van der Waals surface area (Å²) in [5, 5.41) is 3.12. The van der Waals surface area contributed by atoms with Crippen molar-refractivity contribution < 1.29 is 9.47 Å². The molecule has 0 atom stereocenters. The largest absolute Gasteiger partial charge is 0.494 e. The third kappa shape index (κ3) is 4.46. The number of benzene rings is 1. The van der Waals surface area contributed by atoms with E-state index in [1.807, 2.05) is 50.5 Å². The SMILES string of the molecule is CCCOc1ccc(Oc2cc(C)ncc2CNC)cc1. The van der Waals surface area contributed by atoms with E-state index in [4.69, 9.17) is 9.47 Å². The number of hydrogen-bond donors (Lipinski definition) is 1. The van der Waals surface area contributed by atoms with Crippen LogP contribution in [0.3, 0.4) is 0 Å². The van der Waals surface area contributed by atoms with E-state index < -0.39 is 0 Å². The minimum Gasteiger partial charge on any atom is -0.494 e. The van der Waals surface area contributed by atoms with Crippen molar-refractivity contribution in [1.29, 1.82) is 0 Å². The molecule has 1 aromatic heterocycles. The molecule has 0 aliphatic carbocycles. The van der Waals surface area contributed by atoms with Crippen LogP contribution in [0.1, 0.15) is 24.6 Å². The number of aryl methyl sites for hydroxylation is 1. The van der Waals surface area contributed by atoms with E-state index in [1.54, 1.807) is 0 Å². The van der Waals surface area contributed by atoms with Crippen LogP contribution < -0.4 is 14.8 Å². The number of ether oxygens (including phenoxy) is 2. The fourth-order valence-corrected chi connectivity index (χ4v) is 1.93. The number of pyridine rings is 1. The van der Waals surface area contributed by atoms with Gasteiger partial charge in [-0.1, -0.05) is 6.92 Å². The molecule has 0 saturated heterocycles. The molecule has 0 saturated carbocycles. The van der Waals surface area contributed by atoms with Crippen molar-refractivity contribution in [2.75, 3.05) is 13.7 Å². The first-order valence-corrected chi connectivity index (χ1v) is 7.23. The third-order valence-corrected chi connectivity index (χ3v) is 2.97. The van der Waals surface area contributed by atoms with Crippen LogP contribution >= 0.6 is 0 Å². The van der Waals surface area contributed by atoms with Gasteiger partial charge in [-0.2, -0.15) is 0 Å². The molecule has 112 valence electrons. The van der Waals surface area contributed by atoms with Crippen LogP contribution in [0.4, 0.5) is 0 Å². The molecule has 1 heterocycles. The van der Waals surface area contributed by atoms with Gasteiger partial charge in [0.15, 0.2) is 0 Å². The predicted octanol–water partition coefficient (Wildman–Crippen LogP) is 3.69. The topological polar surface area (TPSA) is 43.4 Å². The molecule has 0 amide bonds. The highest BCUT2D eigenvalue weighted by molar-refractivity contribution is 5.39. The molecule has 0 bridgehead atoms. The third-order valence-electron chi connectivity index (χ3n) is 2.97. The minimum absolute atomic E-state index is 0.723. The maximum absolute atomic E-state index is 5.97. The number of aromatic nitrogens is 1. The lowest BCUT2D eigenvalue weighted by atomic mass is 10.2. The van der Waals surface area contributed by atoms with Crippen LogP contribution in [0.15, 0.2) is 36.5 Å². The zero-order valence-electron chi connectivity index (χ0n) is 12.8. The van der Waals surface area contributed by atoms with Gasteiger partial charge in [0, 0.05) is 30.1 Å². The van der Waals surface area contributed by atoms with Crippen LogP contribution in [0.25, 0.3) is 0 Å². The van der Waals surface area contributed by atoms with Crippen LogP contribution in [-0.2, 0) is 6.54 Å². The first-order valence-electron chi connectivity index (χ1n) is 7.23. The quantitative estimate of drug-likeness (QED) is 0.843. The Morgan fingerprint density at radius 1 is 1.14 bits per heavy atom. The summed E-state index contributed by atoms with van der Waals surface area (Å²) in [5.41, 5.74) is 1.97. The lowest BCUT2D eigenvalue weighted by Crippen LogP contribution is -2.07. The normalized spacial score (nSPS) is 10.4. The molecule has 4 heteroatoms.